The Labute approximate surface area is 101 Å². The SMILES string of the molecule is c1coc(CN2CCOc3ccccc3C2)c1. The zero-order valence-electron chi connectivity index (χ0n) is 9.63. The number of furan rings is 1. The van der Waals surface area contributed by atoms with Gasteiger partial charge in [-0.2, -0.15) is 0 Å². The summed E-state index contributed by atoms with van der Waals surface area (Å²) < 4.78 is 11.1. The van der Waals surface area contributed by atoms with E-state index in [1.165, 1.54) is 5.56 Å². The predicted molar refractivity (Wildman–Crippen MR) is 64.8 cm³/mol. The van der Waals surface area contributed by atoms with Crippen molar-refractivity contribution < 1.29 is 9.15 Å². The fourth-order valence-corrected chi connectivity index (χ4v) is 2.14. The fourth-order valence-electron chi connectivity index (χ4n) is 2.14. The summed E-state index contributed by atoms with van der Waals surface area (Å²) in [6.07, 6.45) is 1.72. The van der Waals surface area contributed by atoms with Gasteiger partial charge in [-0.3, -0.25) is 4.90 Å². The standard InChI is InChI=1S/C14H15NO2/c1-2-6-14-12(4-1)10-15(7-9-17-14)11-13-5-3-8-16-13/h1-6,8H,7,9-11H2. The lowest BCUT2D eigenvalue weighted by atomic mass is 10.2. The van der Waals surface area contributed by atoms with E-state index >= 15 is 0 Å². The van der Waals surface area contributed by atoms with E-state index in [0.29, 0.717) is 0 Å². The molecule has 0 N–H and O–H groups in total. The van der Waals surface area contributed by atoms with Crippen LogP contribution in [0.2, 0.25) is 0 Å². The smallest absolute Gasteiger partial charge is 0.123 e. The molecular formula is C14H15NO2. The zero-order chi connectivity index (χ0) is 11.5. The number of hydrogen-bond donors (Lipinski definition) is 0. The van der Waals surface area contributed by atoms with Gasteiger partial charge in [0.05, 0.1) is 12.8 Å². The lowest BCUT2D eigenvalue weighted by molar-refractivity contribution is 0.206. The Morgan fingerprint density at radius 3 is 2.94 bits per heavy atom. The fraction of sp³-hybridized carbons (Fsp3) is 0.286. The molecule has 0 saturated carbocycles. The van der Waals surface area contributed by atoms with E-state index in [0.717, 1.165) is 37.8 Å². The summed E-state index contributed by atoms with van der Waals surface area (Å²) in [4.78, 5) is 2.34. The molecule has 3 nitrogen and oxygen atoms in total. The third-order valence-corrected chi connectivity index (χ3v) is 2.99. The molecule has 3 rings (SSSR count). The summed E-state index contributed by atoms with van der Waals surface area (Å²) in [7, 11) is 0. The molecule has 0 atom stereocenters. The maximum absolute atomic E-state index is 5.73. The minimum atomic E-state index is 0.734. The summed E-state index contributed by atoms with van der Waals surface area (Å²) in [6, 6.07) is 12.2. The maximum atomic E-state index is 5.73. The van der Waals surface area contributed by atoms with E-state index in [1.54, 1.807) is 6.26 Å². The third kappa shape index (κ3) is 2.34. The second-order valence-electron chi connectivity index (χ2n) is 4.25. The number of rotatable bonds is 2. The van der Waals surface area contributed by atoms with E-state index in [4.69, 9.17) is 9.15 Å². The maximum Gasteiger partial charge on any atom is 0.123 e. The molecule has 1 aromatic heterocycles. The van der Waals surface area contributed by atoms with Crippen LogP contribution in [0.3, 0.4) is 0 Å². The second kappa shape index (κ2) is 4.63. The normalized spacial score (nSPS) is 16.0. The van der Waals surface area contributed by atoms with Crippen LogP contribution in [0.4, 0.5) is 0 Å². The van der Waals surface area contributed by atoms with Crippen molar-refractivity contribution in [3.05, 3.63) is 54.0 Å². The summed E-state index contributed by atoms with van der Waals surface area (Å²) in [5, 5.41) is 0. The highest BCUT2D eigenvalue weighted by Crippen LogP contribution is 2.23. The van der Waals surface area contributed by atoms with Crippen LogP contribution in [0, 0.1) is 0 Å². The third-order valence-electron chi connectivity index (χ3n) is 2.99. The van der Waals surface area contributed by atoms with Crippen LogP contribution in [0.15, 0.2) is 47.1 Å². The molecule has 0 bridgehead atoms. The number of para-hydroxylation sites is 1. The Kier molecular flexibility index (Phi) is 2.84. The average molecular weight is 229 g/mol. The van der Waals surface area contributed by atoms with Gasteiger partial charge in [0.15, 0.2) is 0 Å². The largest absolute Gasteiger partial charge is 0.492 e. The molecule has 1 aliphatic heterocycles. The number of nitrogens with zero attached hydrogens (tertiary/aromatic N) is 1. The predicted octanol–water partition coefficient (Wildman–Crippen LogP) is 2.67. The van der Waals surface area contributed by atoms with Crippen molar-refractivity contribution in [2.24, 2.45) is 0 Å². The molecule has 2 aromatic rings. The van der Waals surface area contributed by atoms with E-state index in [1.807, 2.05) is 24.3 Å². The first kappa shape index (κ1) is 10.4. The topological polar surface area (TPSA) is 25.6 Å². The van der Waals surface area contributed by atoms with Crippen molar-refractivity contribution in [2.75, 3.05) is 13.2 Å². The van der Waals surface area contributed by atoms with Crippen LogP contribution in [0.25, 0.3) is 0 Å². The number of hydrogen-bond acceptors (Lipinski definition) is 3. The van der Waals surface area contributed by atoms with Crippen LogP contribution in [-0.4, -0.2) is 18.1 Å². The molecule has 0 radical (unpaired) electrons. The quantitative estimate of drug-likeness (QED) is 0.791. The van der Waals surface area contributed by atoms with Gasteiger partial charge in [-0.05, 0) is 18.2 Å². The van der Waals surface area contributed by atoms with Gasteiger partial charge >= 0.3 is 0 Å². The van der Waals surface area contributed by atoms with E-state index in [2.05, 4.69) is 17.0 Å². The van der Waals surface area contributed by atoms with Crippen molar-refractivity contribution in [3.8, 4) is 5.75 Å². The van der Waals surface area contributed by atoms with E-state index < -0.39 is 0 Å². The lowest BCUT2D eigenvalue weighted by Gasteiger charge is -2.17. The summed E-state index contributed by atoms with van der Waals surface area (Å²) in [5.74, 6) is 2.01. The first-order valence-electron chi connectivity index (χ1n) is 5.87. The molecule has 0 fully saturated rings. The first-order chi connectivity index (χ1) is 8.42. The lowest BCUT2D eigenvalue weighted by Crippen LogP contribution is -2.24. The Morgan fingerprint density at radius 2 is 2.06 bits per heavy atom. The van der Waals surface area contributed by atoms with Crippen molar-refractivity contribution >= 4 is 0 Å². The zero-order valence-corrected chi connectivity index (χ0v) is 9.63. The van der Waals surface area contributed by atoms with Crippen molar-refractivity contribution in [1.29, 1.82) is 0 Å². The van der Waals surface area contributed by atoms with Crippen LogP contribution < -0.4 is 4.74 Å². The first-order valence-corrected chi connectivity index (χ1v) is 5.87. The highest BCUT2D eigenvalue weighted by molar-refractivity contribution is 5.33. The molecule has 17 heavy (non-hydrogen) atoms. The Hall–Kier alpha value is -1.74. The Bertz CT molecular complexity index is 479. The van der Waals surface area contributed by atoms with E-state index in [-0.39, 0.29) is 0 Å². The number of benzene rings is 1. The Morgan fingerprint density at radius 1 is 1.12 bits per heavy atom. The van der Waals surface area contributed by atoms with Crippen LogP contribution in [-0.2, 0) is 13.1 Å². The van der Waals surface area contributed by atoms with Crippen molar-refractivity contribution in [3.63, 3.8) is 0 Å². The molecule has 88 valence electrons. The van der Waals surface area contributed by atoms with Gasteiger partial charge in [0, 0.05) is 18.7 Å². The van der Waals surface area contributed by atoms with Crippen LogP contribution >= 0.6 is 0 Å². The minimum Gasteiger partial charge on any atom is -0.492 e. The molecule has 0 saturated heterocycles. The molecule has 1 aliphatic rings. The van der Waals surface area contributed by atoms with Gasteiger partial charge in [0.25, 0.3) is 0 Å². The number of ether oxygens (including phenoxy) is 1. The molecule has 2 heterocycles. The van der Waals surface area contributed by atoms with Crippen molar-refractivity contribution in [1.82, 2.24) is 4.90 Å². The minimum absolute atomic E-state index is 0.734. The average Bonchev–Trinajstić information content (AvgIpc) is 2.76. The summed E-state index contributed by atoms with van der Waals surface area (Å²) >= 11 is 0. The van der Waals surface area contributed by atoms with Gasteiger partial charge in [-0.25, -0.2) is 0 Å². The van der Waals surface area contributed by atoms with Gasteiger partial charge in [0.2, 0.25) is 0 Å². The molecule has 0 aliphatic carbocycles. The summed E-state index contributed by atoms with van der Waals surface area (Å²) in [5.41, 5.74) is 1.25. The Balaban J connectivity index is 1.76. The van der Waals surface area contributed by atoms with Gasteiger partial charge < -0.3 is 9.15 Å². The molecule has 1 aromatic carbocycles. The van der Waals surface area contributed by atoms with Gasteiger partial charge in [-0.15, -0.1) is 0 Å². The molecule has 0 amide bonds. The van der Waals surface area contributed by atoms with Crippen molar-refractivity contribution in [2.45, 2.75) is 13.1 Å². The van der Waals surface area contributed by atoms with Gasteiger partial charge in [-0.1, -0.05) is 18.2 Å². The monoisotopic (exact) mass is 229 g/mol. The molecule has 0 spiro atoms. The molecular weight excluding hydrogens is 214 g/mol. The van der Waals surface area contributed by atoms with E-state index in [9.17, 15) is 0 Å². The second-order valence-corrected chi connectivity index (χ2v) is 4.25. The highest BCUT2D eigenvalue weighted by Gasteiger charge is 2.15. The summed E-state index contributed by atoms with van der Waals surface area (Å²) in [6.45, 7) is 3.41. The van der Waals surface area contributed by atoms with Gasteiger partial charge in [0.1, 0.15) is 18.1 Å². The molecule has 3 heteroatoms. The number of fused-ring (bicyclic) bond motifs is 1. The van der Waals surface area contributed by atoms with Crippen LogP contribution in [0.5, 0.6) is 5.75 Å². The highest BCUT2D eigenvalue weighted by atomic mass is 16.5. The van der Waals surface area contributed by atoms with Crippen LogP contribution in [0.1, 0.15) is 11.3 Å². The molecule has 0 unspecified atom stereocenters.